The molecular weight excluding hydrogens is 162 g/mol. The van der Waals surface area contributed by atoms with Crippen LogP contribution in [-0.2, 0) is 0 Å². The van der Waals surface area contributed by atoms with Crippen molar-refractivity contribution >= 4 is 17.0 Å². The first-order chi connectivity index (χ1) is 6.45. The average molecular weight is 171 g/mol. The summed E-state index contributed by atoms with van der Waals surface area (Å²) < 4.78 is 0. The molecule has 64 valence electrons. The normalized spacial score (nSPS) is 14.8. The third-order valence-electron chi connectivity index (χ3n) is 2.39. The smallest absolute Gasteiger partial charge is 0.0753 e. The number of hydrogen-bond donors (Lipinski definition) is 1. The van der Waals surface area contributed by atoms with Crippen molar-refractivity contribution in [3.8, 4) is 0 Å². The lowest BCUT2D eigenvalue weighted by atomic mass is 10.1. The molecule has 1 N–H and O–H groups in total. The first kappa shape index (κ1) is 6.83. The first-order valence-electron chi connectivity index (χ1n) is 4.42. The highest BCUT2D eigenvalue weighted by Gasteiger charge is 2.01. The van der Waals surface area contributed by atoms with Gasteiger partial charge < -0.3 is 0 Å². The van der Waals surface area contributed by atoms with Gasteiger partial charge in [-0.15, -0.1) is 0 Å². The zero-order chi connectivity index (χ0) is 8.67. The van der Waals surface area contributed by atoms with Crippen molar-refractivity contribution in [1.29, 1.82) is 0 Å². The molecule has 0 saturated carbocycles. The van der Waals surface area contributed by atoms with Crippen molar-refractivity contribution in [3.63, 3.8) is 0 Å². The minimum absolute atomic E-state index is 0.900. The van der Waals surface area contributed by atoms with Crippen LogP contribution in [0, 0.1) is 0 Å². The largest absolute Gasteiger partial charge is 0.284 e. The van der Waals surface area contributed by atoms with Gasteiger partial charge in [-0.05, 0) is 17.7 Å². The van der Waals surface area contributed by atoms with Gasteiger partial charge in [-0.3, -0.25) is 10.1 Å². The van der Waals surface area contributed by atoms with Crippen LogP contribution in [0.2, 0.25) is 0 Å². The molecule has 1 aliphatic heterocycles. The fourth-order valence-corrected chi connectivity index (χ4v) is 1.76. The van der Waals surface area contributed by atoms with Crippen LogP contribution in [0.15, 0.2) is 23.3 Å². The molecule has 0 atom stereocenters. The number of aromatic amines is 1. The molecule has 0 radical (unpaired) electrons. The number of benzene rings is 1. The topological polar surface area (TPSA) is 41.0 Å². The van der Waals surface area contributed by atoms with Gasteiger partial charge in [0.05, 0.1) is 17.1 Å². The molecule has 0 unspecified atom stereocenters. The number of fused-ring (bicyclic) bond motifs is 3. The molecule has 3 nitrogen and oxygen atoms in total. The first-order valence-corrected chi connectivity index (χ1v) is 4.42. The van der Waals surface area contributed by atoms with E-state index >= 15 is 0 Å². The zero-order valence-electron chi connectivity index (χ0n) is 7.12. The summed E-state index contributed by atoms with van der Waals surface area (Å²) in [7, 11) is 0. The van der Waals surface area contributed by atoms with Gasteiger partial charge in [-0.25, -0.2) is 0 Å². The summed E-state index contributed by atoms with van der Waals surface area (Å²) in [5, 5.41) is 10.4. The molecule has 2 heterocycles. The van der Waals surface area contributed by atoms with E-state index in [4.69, 9.17) is 0 Å². The van der Waals surface area contributed by atoms with Crippen molar-refractivity contribution in [1.82, 2.24) is 10.2 Å². The van der Waals surface area contributed by atoms with Crippen LogP contribution in [0.5, 0.6) is 0 Å². The third kappa shape index (κ3) is 0.900. The maximum Gasteiger partial charge on any atom is 0.0753 e. The van der Waals surface area contributed by atoms with Crippen molar-refractivity contribution in [2.45, 2.75) is 6.42 Å². The van der Waals surface area contributed by atoms with Gasteiger partial charge in [0.25, 0.3) is 0 Å². The summed E-state index contributed by atoms with van der Waals surface area (Å²) in [6.07, 6.45) is 5.13. The molecule has 1 aromatic heterocycles. The van der Waals surface area contributed by atoms with Crippen molar-refractivity contribution in [2.24, 2.45) is 4.99 Å². The van der Waals surface area contributed by atoms with E-state index in [2.05, 4.69) is 33.4 Å². The van der Waals surface area contributed by atoms with Gasteiger partial charge in [-0.2, -0.15) is 5.10 Å². The predicted octanol–water partition coefficient (Wildman–Crippen LogP) is 0.367. The number of nitrogens with one attached hydrogen (secondary N) is 1. The van der Waals surface area contributed by atoms with Crippen LogP contribution in [0.4, 0.5) is 0 Å². The van der Waals surface area contributed by atoms with Crippen LogP contribution in [-0.4, -0.2) is 16.7 Å². The Labute approximate surface area is 74.8 Å². The Kier molecular flexibility index (Phi) is 1.27. The minimum atomic E-state index is 0.900. The van der Waals surface area contributed by atoms with Crippen LogP contribution in [0.25, 0.3) is 17.0 Å². The van der Waals surface area contributed by atoms with E-state index in [0.717, 1.165) is 29.2 Å². The molecular formula is C10H9N3. The summed E-state index contributed by atoms with van der Waals surface area (Å²) in [6.45, 7) is 0.900. The predicted molar refractivity (Wildman–Crippen MR) is 50.8 cm³/mol. The second-order valence-electron chi connectivity index (χ2n) is 3.21. The lowest BCUT2D eigenvalue weighted by molar-refractivity contribution is 0.968. The van der Waals surface area contributed by atoms with E-state index < -0.39 is 0 Å². The molecule has 3 rings (SSSR count). The Morgan fingerprint density at radius 2 is 2.31 bits per heavy atom. The van der Waals surface area contributed by atoms with Crippen LogP contribution >= 0.6 is 0 Å². The van der Waals surface area contributed by atoms with Gasteiger partial charge in [0, 0.05) is 11.9 Å². The van der Waals surface area contributed by atoms with Crippen LogP contribution < -0.4 is 10.6 Å². The number of nitrogens with zero attached hydrogens (tertiary/aromatic N) is 2. The number of hydrogen-bond acceptors (Lipinski definition) is 2. The van der Waals surface area contributed by atoms with E-state index in [1.165, 1.54) is 5.22 Å². The molecule has 13 heavy (non-hydrogen) atoms. The zero-order valence-corrected chi connectivity index (χ0v) is 7.12. The maximum atomic E-state index is 4.50. The fourth-order valence-electron chi connectivity index (χ4n) is 1.76. The van der Waals surface area contributed by atoms with Crippen molar-refractivity contribution in [2.75, 3.05) is 6.54 Å². The third-order valence-corrected chi connectivity index (χ3v) is 2.39. The van der Waals surface area contributed by atoms with Gasteiger partial charge in [-0.1, -0.05) is 12.1 Å². The Balaban J connectivity index is 2.64. The molecule has 0 fully saturated rings. The summed E-state index contributed by atoms with van der Waals surface area (Å²) in [4.78, 5) is 4.50. The summed E-state index contributed by atoms with van der Waals surface area (Å²) in [6, 6.07) is 4.15. The monoisotopic (exact) mass is 171 g/mol. The highest BCUT2D eigenvalue weighted by Crippen LogP contribution is 2.02. The molecule has 2 aromatic rings. The molecule has 0 saturated heterocycles. The quantitative estimate of drug-likeness (QED) is 0.611. The number of aromatic nitrogens is 2. The number of H-pyrrole nitrogens is 1. The van der Waals surface area contributed by atoms with Crippen LogP contribution in [0.3, 0.4) is 0 Å². The van der Waals surface area contributed by atoms with Crippen molar-refractivity contribution in [3.05, 3.63) is 28.9 Å². The molecule has 0 spiro atoms. The highest BCUT2D eigenvalue weighted by atomic mass is 15.1. The fraction of sp³-hybridized carbons (Fsp3) is 0.200. The molecule has 3 heteroatoms. The summed E-state index contributed by atoms with van der Waals surface area (Å²) in [5.74, 6) is 0. The molecule has 1 aliphatic rings. The Hall–Kier alpha value is -1.64. The molecule has 0 aliphatic carbocycles. The van der Waals surface area contributed by atoms with E-state index in [-0.39, 0.29) is 0 Å². The molecule has 0 amide bonds. The van der Waals surface area contributed by atoms with Gasteiger partial charge >= 0.3 is 0 Å². The second-order valence-corrected chi connectivity index (χ2v) is 3.21. The van der Waals surface area contributed by atoms with Crippen LogP contribution in [0.1, 0.15) is 6.42 Å². The van der Waals surface area contributed by atoms with Gasteiger partial charge in [0.15, 0.2) is 0 Å². The lowest BCUT2D eigenvalue weighted by Gasteiger charge is -1.99. The van der Waals surface area contributed by atoms with Gasteiger partial charge in [0.1, 0.15) is 0 Å². The number of rotatable bonds is 0. The summed E-state index contributed by atoms with van der Waals surface area (Å²) in [5.41, 5.74) is 1.07. The summed E-state index contributed by atoms with van der Waals surface area (Å²) >= 11 is 0. The standard InChI is InChI=1S/C10H9N3/c1-2-7-3-4-9-8(6-12-13-9)10(7)11-5-1/h2-4,6H,1,5H2,(H,12,13). The van der Waals surface area contributed by atoms with Crippen molar-refractivity contribution < 1.29 is 0 Å². The van der Waals surface area contributed by atoms with E-state index in [1.54, 1.807) is 0 Å². The molecule has 0 bridgehead atoms. The maximum absolute atomic E-state index is 4.50. The average Bonchev–Trinajstić information content (AvgIpc) is 2.65. The second kappa shape index (κ2) is 2.42. The Morgan fingerprint density at radius 1 is 1.31 bits per heavy atom. The highest BCUT2D eigenvalue weighted by molar-refractivity contribution is 5.77. The van der Waals surface area contributed by atoms with Gasteiger partial charge in [0.2, 0.25) is 0 Å². The minimum Gasteiger partial charge on any atom is -0.284 e. The SMILES string of the molecule is C1=c2ccc3[nH]ncc3c2=NCC1. The lowest BCUT2D eigenvalue weighted by Crippen LogP contribution is -2.28. The van der Waals surface area contributed by atoms with E-state index in [0.29, 0.717) is 0 Å². The Bertz CT molecular complexity index is 565. The van der Waals surface area contributed by atoms with E-state index in [1.807, 2.05) is 6.20 Å². The molecule has 1 aromatic carbocycles. The van der Waals surface area contributed by atoms with E-state index in [9.17, 15) is 0 Å². The Morgan fingerprint density at radius 3 is 3.31 bits per heavy atom.